The molecule has 0 N–H and O–H groups in total. The Morgan fingerprint density at radius 1 is 1.15 bits per heavy atom. The van der Waals surface area contributed by atoms with Crippen LogP contribution in [-0.2, 0) is 6.42 Å². The highest BCUT2D eigenvalue weighted by Crippen LogP contribution is 2.43. The Bertz CT molecular complexity index is 1240. The largest absolute Gasteiger partial charge is 0.490 e. The summed E-state index contributed by atoms with van der Waals surface area (Å²) in [4.78, 5) is 17.9. The van der Waals surface area contributed by atoms with E-state index in [0.717, 1.165) is 31.8 Å². The molecule has 2 aromatic carbocycles. The zero-order valence-corrected chi connectivity index (χ0v) is 23.8. The number of fused-ring (bicyclic) bond motifs is 1. The fraction of sp³-hybridized carbons (Fsp3) is 0.375. The van der Waals surface area contributed by atoms with Crippen LogP contribution in [-0.4, -0.2) is 28.6 Å². The molecular formula is C24H26Br3N3O3. The van der Waals surface area contributed by atoms with Crippen LogP contribution in [0.15, 0.2) is 47.6 Å². The van der Waals surface area contributed by atoms with E-state index in [1.54, 1.807) is 12.3 Å². The third-order valence-electron chi connectivity index (χ3n) is 5.01. The number of ether oxygens (including phenoxy) is 2. The quantitative estimate of drug-likeness (QED) is 0.234. The van der Waals surface area contributed by atoms with Crippen LogP contribution in [0.2, 0.25) is 0 Å². The van der Waals surface area contributed by atoms with Gasteiger partial charge < -0.3 is 9.47 Å². The average molecular weight is 644 g/mol. The van der Waals surface area contributed by atoms with E-state index in [9.17, 15) is 4.79 Å². The summed E-state index contributed by atoms with van der Waals surface area (Å²) in [6.07, 6.45) is 4.01. The van der Waals surface area contributed by atoms with E-state index in [1.807, 2.05) is 39.0 Å². The molecule has 33 heavy (non-hydrogen) atoms. The highest BCUT2D eigenvalue weighted by molar-refractivity contribution is 9.13. The molecule has 1 heterocycles. The fourth-order valence-corrected chi connectivity index (χ4v) is 4.45. The van der Waals surface area contributed by atoms with Crippen molar-refractivity contribution in [2.45, 2.75) is 53.1 Å². The molecule has 0 fully saturated rings. The molecule has 0 aliphatic rings. The van der Waals surface area contributed by atoms with Gasteiger partial charge in [0.25, 0.3) is 5.56 Å². The molecule has 1 aromatic heterocycles. The minimum Gasteiger partial charge on any atom is -0.490 e. The Hall–Kier alpha value is -1.71. The molecule has 0 saturated heterocycles. The first-order valence-corrected chi connectivity index (χ1v) is 13.2. The van der Waals surface area contributed by atoms with Crippen LogP contribution in [0.1, 0.15) is 51.9 Å². The molecule has 0 spiro atoms. The lowest BCUT2D eigenvalue weighted by molar-refractivity contribution is 0.201. The number of benzene rings is 2. The van der Waals surface area contributed by atoms with Gasteiger partial charge in [0.2, 0.25) is 0 Å². The van der Waals surface area contributed by atoms with Crippen LogP contribution >= 0.6 is 47.8 Å². The normalized spacial score (nSPS) is 12.5. The summed E-state index contributed by atoms with van der Waals surface area (Å²) in [5, 5.41) is 5.05. The molecule has 0 aliphatic carbocycles. The molecule has 0 saturated carbocycles. The summed E-state index contributed by atoms with van der Waals surface area (Å²) in [5.74, 6) is 1.86. The fourth-order valence-electron chi connectivity index (χ4n) is 3.17. The molecule has 6 nitrogen and oxygen atoms in total. The van der Waals surface area contributed by atoms with Crippen LogP contribution in [0, 0.1) is 0 Å². The van der Waals surface area contributed by atoms with Crippen LogP contribution in [0.25, 0.3) is 10.9 Å². The maximum atomic E-state index is 13.3. The Morgan fingerprint density at radius 3 is 2.58 bits per heavy atom. The Labute approximate surface area is 218 Å². The number of hydrogen-bond acceptors (Lipinski definition) is 5. The molecule has 3 aromatic rings. The predicted octanol–water partition coefficient (Wildman–Crippen LogP) is 7.09. The van der Waals surface area contributed by atoms with Crippen LogP contribution < -0.4 is 15.0 Å². The lowest BCUT2D eigenvalue weighted by atomic mass is 10.2. The van der Waals surface area contributed by atoms with Gasteiger partial charge in [0.05, 0.1) is 34.3 Å². The second-order valence-electron chi connectivity index (χ2n) is 7.49. The van der Waals surface area contributed by atoms with Crippen molar-refractivity contribution in [3.05, 3.63) is 59.4 Å². The standard InChI is InChI=1S/C24H26Br3N3O3/c1-5-8-20-29-18-10-9-16(25)12-17(18)24(31)30(20)28-13-15-11-19(32-7-3)23(22(27)21(15)26)33-14(4)6-2/h9-14H,5-8H2,1-4H3/t14-/m0/s1. The first kappa shape index (κ1) is 25.9. The maximum Gasteiger partial charge on any atom is 0.282 e. The first-order valence-electron chi connectivity index (χ1n) is 10.9. The van der Waals surface area contributed by atoms with Crippen LogP contribution in [0.5, 0.6) is 11.5 Å². The number of aryl methyl sites for hydroxylation is 1. The number of nitrogens with zero attached hydrogens (tertiary/aromatic N) is 3. The number of aromatic nitrogens is 2. The van der Waals surface area contributed by atoms with Crippen molar-refractivity contribution in [1.82, 2.24) is 9.66 Å². The Morgan fingerprint density at radius 2 is 1.91 bits per heavy atom. The zero-order chi connectivity index (χ0) is 24.1. The van der Waals surface area contributed by atoms with E-state index in [4.69, 9.17) is 9.47 Å². The Kier molecular flexibility index (Phi) is 9.12. The zero-order valence-electron chi connectivity index (χ0n) is 19.0. The minimum absolute atomic E-state index is 0.0325. The second kappa shape index (κ2) is 11.6. The second-order valence-corrected chi connectivity index (χ2v) is 9.99. The number of hydrogen-bond donors (Lipinski definition) is 0. The van der Waals surface area contributed by atoms with Gasteiger partial charge >= 0.3 is 0 Å². The van der Waals surface area contributed by atoms with Gasteiger partial charge in [-0.15, -0.1) is 0 Å². The van der Waals surface area contributed by atoms with E-state index in [2.05, 4.69) is 64.8 Å². The minimum atomic E-state index is -0.210. The molecule has 1 atom stereocenters. The molecule has 176 valence electrons. The van der Waals surface area contributed by atoms with Gasteiger partial charge in [0.15, 0.2) is 11.5 Å². The third kappa shape index (κ3) is 5.87. The van der Waals surface area contributed by atoms with Crippen molar-refractivity contribution >= 4 is 64.9 Å². The van der Waals surface area contributed by atoms with Gasteiger partial charge in [-0.25, -0.2) is 4.98 Å². The van der Waals surface area contributed by atoms with Gasteiger partial charge in [0.1, 0.15) is 5.82 Å². The molecule has 0 bridgehead atoms. The van der Waals surface area contributed by atoms with Gasteiger partial charge in [-0.1, -0.05) is 29.8 Å². The maximum absolute atomic E-state index is 13.3. The summed E-state index contributed by atoms with van der Waals surface area (Å²) < 4.78 is 15.6. The van der Waals surface area contributed by atoms with E-state index >= 15 is 0 Å². The van der Waals surface area contributed by atoms with Gasteiger partial charge in [-0.05, 0) is 82.8 Å². The molecular weight excluding hydrogens is 618 g/mol. The highest BCUT2D eigenvalue weighted by Gasteiger charge is 2.19. The van der Waals surface area contributed by atoms with E-state index in [1.165, 1.54) is 4.68 Å². The number of rotatable bonds is 9. The molecule has 0 aliphatic heterocycles. The summed E-state index contributed by atoms with van der Waals surface area (Å²) in [6, 6.07) is 7.35. The van der Waals surface area contributed by atoms with Gasteiger partial charge in [-0.3, -0.25) is 4.79 Å². The smallest absolute Gasteiger partial charge is 0.282 e. The van der Waals surface area contributed by atoms with Crippen molar-refractivity contribution in [1.29, 1.82) is 0 Å². The monoisotopic (exact) mass is 641 g/mol. The van der Waals surface area contributed by atoms with Crippen molar-refractivity contribution in [3.8, 4) is 11.5 Å². The van der Waals surface area contributed by atoms with E-state index in [-0.39, 0.29) is 11.7 Å². The molecule has 0 unspecified atom stereocenters. The van der Waals surface area contributed by atoms with Crippen molar-refractivity contribution in [3.63, 3.8) is 0 Å². The van der Waals surface area contributed by atoms with E-state index < -0.39 is 0 Å². The Balaban J connectivity index is 2.13. The molecule has 0 amide bonds. The lowest BCUT2D eigenvalue weighted by Crippen LogP contribution is -2.22. The summed E-state index contributed by atoms with van der Waals surface area (Å²) in [5.41, 5.74) is 1.19. The van der Waals surface area contributed by atoms with Crippen molar-refractivity contribution in [2.24, 2.45) is 5.10 Å². The topological polar surface area (TPSA) is 65.7 Å². The molecule has 9 heteroatoms. The summed E-state index contributed by atoms with van der Waals surface area (Å²) in [6.45, 7) is 8.54. The van der Waals surface area contributed by atoms with E-state index in [0.29, 0.717) is 41.3 Å². The highest BCUT2D eigenvalue weighted by atomic mass is 79.9. The lowest BCUT2D eigenvalue weighted by Gasteiger charge is -2.19. The summed E-state index contributed by atoms with van der Waals surface area (Å²) in [7, 11) is 0. The molecule has 3 rings (SSSR count). The molecule has 0 radical (unpaired) electrons. The van der Waals surface area contributed by atoms with Crippen LogP contribution in [0.3, 0.4) is 0 Å². The van der Waals surface area contributed by atoms with Crippen LogP contribution in [0.4, 0.5) is 0 Å². The van der Waals surface area contributed by atoms with Gasteiger partial charge in [-0.2, -0.15) is 9.78 Å². The number of halogens is 3. The first-order chi connectivity index (χ1) is 15.8. The predicted molar refractivity (Wildman–Crippen MR) is 144 cm³/mol. The SMILES string of the molecule is CCCc1nc2ccc(Br)cc2c(=O)n1N=Cc1cc(OCC)c(O[C@@H](C)CC)c(Br)c1Br. The van der Waals surface area contributed by atoms with Gasteiger partial charge in [0, 0.05) is 20.9 Å². The van der Waals surface area contributed by atoms with Crippen molar-refractivity contribution in [2.75, 3.05) is 6.61 Å². The third-order valence-corrected chi connectivity index (χ3v) is 7.65. The average Bonchev–Trinajstić information content (AvgIpc) is 2.79. The summed E-state index contributed by atoms with van der Waals surface area (Å²) >= 11 is 10.7. The van der Waals surface area contributed by atoms with Crippen molar-refractivity contribution < 1.29 is 9.47 Å².